The number of rotatable bonds is 7. The number of aromatic nitrogens is 4. The second-order valence-corrected chi connectivity index (χ2v) is 6.38. The lowest BCUT2D eigenvalue weighted by atomic mass is 10.2. The van der Waals surface area contributed by atoms with E-state index < -0.39 is 0 Å². The molecular formula is C16H19N5O3S. The van der Waals surface area contributed by atoms with Crippen LogP contribution < -0.4 is 15.2 Å². The third-order valence-corrected chi connectivity index (χ3v) is 4.51. The predicted octanol–water partition coefficient (Wildman–Crippen LogP) is 1.60. The molecule has 1 aromatic carbocycles. The molecule has 8 nitrogen and oxygen atoms in total. The number of tetrazole rings is 1. The quantitative estimate of drug-likeness (QED) is 0.636. The van der Waals surface area contributed by atoms with Crippen LogP contribution in [0.5, 0.6) is 11.5 Å². The monoisotopic (exact) mass is 361 g/mol. The first-order valence-corrected chi connectivity index (χ1v) is 8.46. The fourth-order valence-electron chi connectivity index (χ4n) is 2.44. The van der Waals surface area contributed by atoms with Crippen LogP contribution in [0.1, 0.15) is 5.56 Å². The first kappa shape index (κ1) is 17.2. The topological polar surface area (TPSA) is 74.4 Å². The second kappa shape index (κ2) is 7.49. The fourth-order valence-corrected chi connectivity index (χ4v) is 3.11. The van der Waals surface area contributed by atoms with Gasteiger partial charge in [-0.15, -0.1) is 11.3 Å². The Labute approximate surface area is 148 Å². The van der Waals surface area contributed by atoms with Gasteiger partial charge in [-0.3, -0.25) is 4.90 Å². The van der Waals surface area contributed by atoms with E-state index in [2.05, 4.69) is 10.4 Å². The van der Waals surface area contributed by atoms with Crippen LogP contribution in [0.4, 0.5) is 0 Å². The molecule has 0 aliphatic carbocycles. The van der Waals surface area contributed by atoms with E-state index in [-0.39, 0.29) is 5.69 Å². The van der Waals surface area contributed by atoms with Gasteiger partial charge in [0.15, 0.2) is 0 Å². The molecule has 0 saturated heterocycles. The highest BCUT2D eigenvalue weighted by atomic mass is 32.1. The third kappa shape index (κ3) is 3.72. The van der Waals surface area contributed by atoms with Crippen LogP contribution in [0.3, 0.4) is 0 Å². The van der Waals surface area contributed by atoms with Crippen LogP contribution in [-0.2, 0) is 13.2 Å². The molecule has 0 saturated carbocycles. The maximum Gasteiger partial charge on any atom is 0.370 e. The molecule has 0 aliphatic rings. The van der Waals surface area contributed by atoms with Crippen molar-refractivity contribution in [3.8, 4) is 16.5 Å². The van der Waals surface area contributed by atoms with Crippen LogP contribution in [0.2, 0.25) is 0 Å². The van der Waals surface area contributed by atoms with Crippen LogP contribution in [0.25, 0.3) is 5.00 Å². The number of methoxy groups -OCH3 is 2. The molecule has 0 spiro atoms. The molecule has 9 heteroatoms. The lowest BCUT2D eigenvalue weighted by Gasteiger charge is -2.18. The third-order valence-electron chi connectivity index (χ3n) is 3.66. The Morgan fingerprint density at radius 2 is 2.04 bits per heavy atom. The van der Waals surface area contributed by atoms with Gasteiger partial charge in [-0.1, -0.05) is 6.07 Å². The van der Waals surface area contributed by atoms with Gasteiger partial charge in [-0.25, -0.2) is 4.79 Å². The highest BCUT2D eigenvalue weighted by Gasteiger charge is 2.13. The molecule has 0 atom stereocenters. The summed E-state index contributed by atoms with van der Waals surface area (Å²) in [4.78, 5) is 14.4. The Morgan fingerprint density at radius 1 is 1.20 bits per heavy atom. The summed E-state index contributed by atoms with van der Waals surface area (Å²) in [5.74, 6) is 1.47. The van der Waals surface area contributed by atoms with Gasteiger partial charge in [0, 0.05) is 18.2 Å². The maximum atomic E-state index is 12.4. The van der Waals surface area contributed by atoms with Gasteiger partial charge in [0.1, 0.15) is 23.2 Å². The zero-order chi connectivity index (χ0) is 17.8. The molecule has 2 aromatic heterocycles. The molecule has 25 heavy (non-hydrogen) atoms. The molecule has 0 bridgehead atoms. The number of hydrogen-bond donors (Lipinski definition) is 0. The summed E-state index contributed by atoms with van der Waals surface area (Å²) in [5, 5.41) is 10.5. The average molecular weight is 361 g/mol. The molecule has 0 aliphatic heterocycles. The minimum Gasteiger partial charge on any atom is -0.497 e. The molecule has 3 rings (SSSR count). The van der Waals surface area contributed by atoms with E-state index in [1.807, 2.05) is 47.7 Å². The number of thiophene rings is 1. The normalized spacial score (nSPS) is 11.0. The Balaban J connectivity index is 1.73. The molecule has 0 unspecified atom stereocenters. The van der Waals surface area contributed by atoms with Crippen LogP contribution >= 0.6 is 11.3 Å². The molecule has 0 N–H and O–H groups in total. The van der Waals surface area contributed by atoms with Gasteiger partial charge >= 0.3 is 5.69 Å². The van der Waals surface area contributed by atoms with Crippen molar-refractivity contribution in [3.63, 3.8) is 0 Å². The van der Waals surface area contributed by atoms with Gasteiger partial charge in [-0.05, 0) is 41.1 Å². The minimum atomic E-state index is -0.268. The van der Waals surface area contributed by atoms with E-state index in [0.717, 1.165) is 22.1 Å². The molecular weight excluding hydrogens is 342 g/mol. The minimum absolute atomic E-state index is 0.268. The van der Waals surface area contributed by atoms with E-state index in [1.54, 1.807) is 14.2 Å². The van der Waals surface area contributed by atoms with Crippen LogP contribution in [-0.4, -0.2) is 46.0 Å². The second-order valence-electron chi connectivity index (χ2n) is 5.46. The van der Waals surface area contributed by atoms with Crippen molar-refractivity contribution in [1.29, 1.82) is 0 Å². The van der Waals surface area contributed by atoms with Gasteiger partial charge in [-0.2, -0.15) is 9.36 Å². The Morgan fingerprint density at radius 3 is 2.72 bits per heavy atom. The Kier molecular flexibility index (Phi) is 5.15. The van der Waals surface area contributed by atoms with Gasteiger partial charge in [0.2, 0.25) is 0 Å². The Hall–Kier alpha value is -2.65. The van der Waals surface area contributed by atoms with Crippen molar-refractivity contribution >= 4 is 11.3 Å². The van der Waals surface area contributed by atoms with E-state index in [9.17, 15) is 4.79 Å². The smallest absolute Gasteiger partial charge is 0.370 e. The molecule has 2 heterocycles. The van der Waals surface area contributed by atoms with Crippen molar-refractivity contribution in [1.82, 2.24) is 24.7 Å². The fraction of sp³-hybridized carbons (Fsp3) is 0.312. The van der Waals surface area contributed by atoms with E-state index in [4.69, 9.17) is 9.47 Å². The lowest BCUT2D eigenvalue weighted by Crippen LogP contribution is -2.31. The van der Waals surface area contributed by atoms with Crippen molar-refractivity contribution in [2.75, 3.05) is 21.3 Å². The summed E-state index contributed by atoms with van der Waals surface area (Å²) in [6, 6.07) is 9.36. The number of hydrogen-bond acceptors (Lipinski definition) is 7. The molecule has 3 aromatic rings. The molecule has 132 valence electrons. The van der Waals surface area contributed by atoms with E-state index in [0.29, 0.717) is 13.2 Å². The highest BCUT2D eigenvalue weighted by Crippen LogP contribution is 2.25. The van der Waals surface area contributed by atoms with Gasteiger partial charge in [0.25, 0.3) is 0 Å². The summed E-state index contributed by atoms with van der Waals surface area (Å²) in [6.45, 7) is 0.908. The Bertz CT molecular complexity index is 888. The summed E-state index contributed by atoms with van der Waals surface area (Å²) < 4.78 is 13.2. The molecule has 0 amide bonds. The average Bonchev–Trinajstić information content (AvgIpc) is 3.26. The summed E-state index contributed by atoms with van der Waals surface area (Å²) in [6.07, 6.45) is 0. The number of ether oxygens (including phenoxy) is 2. The summed E-state index contributed by atoms with van der Waals surface area (Å²) in [5.41, 5.74) is 0.723. The van der Waals surface area contributed by atoms with Crippen molar-refractivity contribution in [2.24, 2.45) is 0 Å². The zero-order valence-corrected chi connectivity index (χ0v) is 15.1. The summed E-state index contributed by atoms with van der Waals surface area (Å²) in [7, 11) is 5.14. The number of nitrogens with zero attached hydrogens (tertiary/aromatic N) is 5. The first-order valence-electron chi connectivity index (χ1n) is 7.58. The van der Waals surface area contributed by atoms with Gasteiger partial charge in [0.05, 0.1) is 14.2 Å². The van der Waals surface area contributed by atoms with Crippen molar-refractivity contribution < 1.29 is 9.47 Å². The SMILES string of the molecule is COc1ccc(CN(C)Cn2nnn(-c3cccs3)c2=O)c(OC)c1. The zero-order valence-electron chi connectivity index (χ0n) is 14.2. The van der Waals surface area contributed by atoms with Crippen molar-refractivity contribution in [2.45, 2.75) is 13.2 Å². The highest BCUT2D eigenvalue weighted by molar-refractivity contribution is 7.12. The lowest BCUT2D eigenvalue weighted by molar-refractivity contribution is 0.236. The molecule has 0 fully saturated rings. The predicted molar refractivity (Wildman–Crippen MR) is 94.5 cm³/mol. The van der Waals surface area contributed by atoms with Gasteiger partial charge < -0.3 is 9.47 Å². The molecule has 0 radical (unpaired) electrons. The maximum absolute atomic E-state index is 12.4. The van der Waals surface area contributed by atoms with Crippen molar-refractivity contribution in [3.05, 3.63) is 51.8 Å². The summed E-state index contributed by atoms with van der Waals surface area (Å²) >= 11 is 1.44. The largest absolute Gasteiger partial charge is 0.497 e. The first-order chi connectivity index (χ1) is 12.1. The van der Waals surface area contributed by atoms with Crippen LogP contribution in [0.15, 0.2) is 40.5 Å². The van der Waals surface area contributed by atoms with E-state index >= 15 is 0 Å². The standard InChI is InChI=1S/C16H19N5O3S/c1-19(10-12-6-7-13(23-2)9-14(12)24-3)11-20-16(22)21(18-17-20)15-5-4-8-25-15/h4-9H,10-11H2,1-3H3. The number of benzene rings is 1. The van der Waals surface area contributed by atoms with Crippen LogP contribution in [0, 0.1) is 0 Å². The van der Waals surface area contributed by atoms with E-state index in [1.165, 1.54) is 20.7 Å².